The first-order valence-corrected chi connectivity index (χ1v) is 8.42. The molecule has 8 heteroatoms. The highest BCUT2D eigenvalue weighted by Gasteiger charge is 2.14. The molecule has 0 atom stereocenters. The predicted octanol–water partition coefficient (Wildman–Crippen LogP) is 2.32. The third-order valence-electron chi connectivity index (χ3n) is 4.43. The van der Waals surface area contributed by atoms with Crippen LogP contribution in [0.3, 0.4) is 0 Å². The molecule has 1 aromatic carbocycles. The molecule has 3 aromatic heterocycles. The van der Waals surface area contributed by atoms with Gasteiger partial charge in [0.05, 0.1) is 12.1 Å². The zero-order valence-corrected chi connectivity index (χ0v) is 14.6. The van der Waals surface area contributed by atoms with Crippen molar-refractivity contribution in [2.45, 2.75) is 6.42 Å². The molecule has 3 heterocycles. The summed E-state index contributed by atoms with van der Waals surface area (Å²) >= 11 is 0. The summed E-state index contributed by atoms with van der Waals surface area (Å²) in [6, 6.07) is 7.35. The number of carbonyl (C=O) groups is 2. The molecule has 0 saturated heterocycles. The minimum atomic E-state index is -0.947. The van der Waals surface area contributed by atoms with Crippen molar-refractivity contribution >= 4 is 33.9 Å². The molecule has 1 amide bonds. The van der Waals surface area contributed by atoms with Crippen molar-refractivity contribution < 1.29 is 14.7 Å². The average Bonchev–Trinajstić information content (AvgIpc) is 3.22. The maximum atomic E-state index is 12.3. The molecule has 0 unspecified atom stereocenters. The molecule has 0 aliphatic heterocycles. The zero-order chi connectivity index (χ0) is 19.0. The number of fused-ring (bicyclic) bond motifs is 2. The van der Waals surface area contributed by atoms with E-state index in [9.17, 15) is 9.59 Å². The van der Waals surface area contributed by atoms with Crippen LogP contribution in [0.25, 0.3) is 33.3 Å². The number of benzene rings is 1. The predicted molar refractivity (Wildman–Crippen MR) is 100 cm³/mol. The highest BCUT2D eigenvalue weighted by Crippen LogP contribution is 2.31. The number of nitrogens with one attached hydrogen (secondary N) is 2. The molecule has 0 spiro atoms. The van der Waals surface area contributed by atoms with Crippen LogP contribution in [-0.2, 0) is 11.8 Å². The number of carboxylic acids is 1. The smallest absolute Gasteiger partial charge is 0.305 e. The van der Waals surface area contributed by atoms with Gasteiger partial charge in [0, 0.05) is 54.2 Å². The van der Waals surface area contributed by atoms with Crippen LogP contribution in [0.1, 0.15) is 16.8 Å². The lowest BCUT2D eigenvalue weighted by molar-refractivity contribution is -0.136. The van der Waals surface area contributed by atoms with E-state index in [-0.39, 0.29) is 18.9 Å². The van der Waals surface area contributed by atoms with Crippen molar-refractivity contribution in [3.05, 3.63) is 48.4 Å². The second-order valence-corrected chi connectivity index (χ2v) is 6.26. The van der Waals surface area contributed by atoms with Gasteiger partial charge in [-0.05, 0) is 24.3 Å². The largest absolute Gasteiger partial charge is 0.481 e. The first-order chi connectivity index (χ1) is 13.0. The number of carboxylic acid groups (broad SMARTS) is 1. The number of aromatic amines is 1. The Morgan fingerprint density at radius 3 is 2.81 bits per heavy atom. The quantitative estimate of drug-likeness (QED) is 0.504. The van der Waals surface area contributed by atoms with Gasteiger partial charge in [0.25, 0.3) is 5.91 Å². The Morgan fingerprint density at radius 1 is 1.22 bits per heavy atom. The highest BCUT2D eigenvalue weighted by molar-refractivity contribution is 6.03. The summed E-state index contributed by atoms with van der Waals surface area (Å²) in [4.78, 5) is 34.8. The van der Waals surface area contributed by atoms with Crippen LogP contribution >= 0.6 is 0 Å². The molecule has 3 N–H and O–H groups in total. The Labute approximate surface area is 153 Å². The van der Waals surface area contributed by atoms with Gasteiger partial charge in [0.2, 0.25) is 0 Å². The standard InChI is InChI=1S/C19H17N5O3/c1-24-10-13(14-9-15-18(23-14)21-7-6-20-15)12-8-11(2-3-16(12)24)19(27)22-5-4-17(25)26/h2-3,6-10H,4-5H2,1H3,(H,21,23)(H,22,27)(H,25,26). The topological polar surface area (TPSA) is 113 Å². The van der Waals surface area contributed by atoms with Crippen molar-refractivity contribution in [3.8, 4) is 11.3 Å². The van der Waals surface area contributed by atoms with Crippen molar-refractivity contribution in [1.29, 1.82) is 0 Å². The van der Waals surface area contributed by atoms with Crippen LogP contribution in [-0.4, -0.2) is 43.0 Å². The normalized spacial score (nSPS) is 11.1. The van der Waals surface area contributed by atoms with E-state index in [1.807, 2.05) is 36.0 Å². The molecular weight excluding hydrogens is 346 g/mol. The molecule has 0 saturated carbocycles. The van der Waals surface area contributed by atoms with Gasteiger partial charge in [-0.25, -0.2) is 4.98 Å². The Hall–Kier alpha value is -3.68. The maximum absolute atomic E-state index is 12.3. The zero-order valence-electron chi connectivity index (χ0n) is 14.6. The minimum Gasteiger partial charge on any atom is -0.481 e. The van der Waals surface area contributed by atoms with Gasteiger partial charge in [-0.3, -0.25) is 14.6 Å². The molecule has 0 bridgehead atoms. The number of amides is 1. The third-order valence-corrected chi connectivity index (χ3v) is 4.43. The Balaban J connectivity index is 1.73. The van der Waals surface area contributed by atoms with E-state index >= 15 is 0 Å². The molecule has 4 aromatic rings. The lowest BCUT2D eigenvalue weighted by atomic mass is 10.1. The SMILES string of the molecule is Cn1cc(-c2cc3nccnc3[nH]2)c2cc(C(=O)NCCC(=O)O)ccc21. The Kier molecular flexibility index (Phi) is 4.08. The van der Waals surface area contributed by atoms with Crippen molar-refractivity contribution in [1.82, 2.24) is 24.8 Å². The first kappa shape index (κ1) is 16.8. The van der Waals surface area contributed by atoms with Crippen LogP contribution in [0.2, 0.25) is 0 Å². The second-order valence-electron chi connectivity index (χ2n) is 6.26. The summed E-state index contributed by atoms with van der Waals surface area (Å²) in [6.07, 6.45) is 5.15. The van der Waals surface area contributed by atoms with E-state index in [0.29, 0.717) is 11.2 Å². The molecule has 0 radical (unpaired) electrons. The van der Waals surface area contributed by atoms with Gasteiger partial charge in [-0.15, -0.1) is 0 Å². The van der Waals surface area contributed by atoms with Crippen molar-refractivity contribution in [3.63, 3.8) is 0 Å². The van der Waals surface area contributed by atoms with Crippen LogP contribution in [0.5, 0.6) is 0 Å². The van der Waals surface area contributed by atoms with Gasteiger partial charge in [0.15, 0.2) is 5.65 Å². The van der Waals surface area contributed by atoms with Crippen LogP contribution in [0.15, 0.2) is 42.9 Å². The minimum absolute atomic E-state index is 0.0905. The Bertz CT molecular complexity index is 1140. The highest BCUT2D eigenvalue weighted by atomic mass is 16.4. The summed E-state index contributed by atoms with van der Waals surface area (Å²) in [5.41, 5.74) is 4.73. The number of rotatable bonds is 5. The van der Waals surface area contributed by atoms with Gasteiger partial charge >= 0.3 is 5.97 Å². The van der Waals surface area contributed by atoms with Crippen LogP contribution in [0, 0.1) is 0 Å². The van der Waals surface area contributed by atoms with E-state index in [4.69, 9.17) is 5.11 Å². The van der Waals surface area contributed by atoms with E-state index in [1.165, 1.54) is 0 Å². The number of aryl methyl sites for hydroxylation is 1. The number of hydrogen-bond acceptors (Lipinski definition) is 4. The molecule has 0 fully saturated rings. The number of aliphatic carboxylic acids is 1. The average molecular weight is 363 g/mol. The lowest BCUT2D eigenvalue weighted by Crippen LogP contribution is -2.25. The van der Waals surface area contributed by atoms with E-state index in [1.54, 1.807) is 18.5 Å². The number of hydrogen-bond donors (Lipinski definition) is 3. The third kappa shape index (κ3) is 3.12. The van der Waals surface area contributed by atoms with Gasteiger partial charge < -0.3 is 20.0 Å². The van der Waals surface area contributed by atoms with E-state index in [0.717, 1.165) is 27.7 Å². The van der Waals surface area contributed by atoms with Crippen molar-refractivity contribution in [2.75, 3.05) is 6.54 Å². The maximum Gasteiger partial charge on any atom is 0.305 e. The summed E-state index contributed by atoms with van der Waals surface area (Å²) in [7, 11) is 1.94. The van der Waals surface area contributed by atoms with E-state index < -0.39 is 5.97 Å². The number of carbonyl (C=O) groups excluding carboxylic acids is 1. The molecule has 8 nitrogen and oxygen atoms in total. The molecule has 0 aliphatic carbocycles. The molecule has 27 heavy (non-hydrogen) atoms. The fraction of sp³-hybridized carbons (Fsp3) is 0.158. The van der Waals surface area contributed by atoms with E-state index in [2.05, 4.69) is 20.3 Å². The second kappa shape index (κ2) is 6.56. The monoisotopic (exact) mass is 363 g/mol. The molecule has 4 rings (SSSR count). The summed E-state index contributed by atoms with van der Waals surface area (Å²) in [5, 5.41) is 12.2. The van der Waals surface area contributed by atoms with Crippen molar-refractivity contribution in [2.24, 2.45) is 7.05 Å². The first-order valence-electron chi connectivity index (χ1n) is 8.42. The van der Waals surface area contributed by atoms with Gasteiger partial charge in [-0.2, -0.15) is 0 Å². The lowest BCUT2D eigenvalue weighted by Gasteiger charge is -2.05. The summed E-state index contributed by atoms with van der Waals surface area (Å²) in [5.74, 6) is -1.25. The number of aromatic nitrogens is 4. The fourth-order valence-corrected chi connectivity index (χ4v) is 3.13. The Morgan fingerprint density at radius 2 is 2.04 bits per heavy atom. The molecule has 136 valence electrons. The summed E-state index contributed by atoms with van der Waals surface area (Å²) in [6.45, 7) is 0.0905. The van der Waals surface area contributed by atoms with Gasteiger partial charge in [-0.1, -0.05) is 0 Å². The number of nitrogens with zero attached hydrogens (tertiary/aromatic N) is 3. The van der Waals surface area contributed by atoms with Gasteiger partial charge in [0.1, 0.15) is 5.52 Å². The fourth-order valence-electron chi connectivity index (χ4n) is 3.13. The number of H-pyrrole nitrogens is 1. The van der Waals surface area contributed by atoms with Crippen LogP contribution < -0.4 is 5.32 Å². The molecule has 0 aliphatic rings. The summed E-state index contributed by atoms with van der Waals surface area (Å²) < 4.78 is 1.99. The molecular formula is C19H17N5O3. The van der Waals surface area contributed by atoms with Crippen LogP contribution in [0.4, 0.5) is 0 Å².